The van der Waals surface area contributed by atoms with Gasteiger partial charge in [-0.15, -0.1) is 11.3 Å². The number of fused-ring (bicyclic) bond motifs is 1. The van der Waals surface area contributed by atoms with E-state index in [9.17, 15) is 14.7 Å². The van der Waals surface area contributed by atoms with Crippen LogP contribution in [-0.2, 0) is 0 Å². The summed E-state index contributed by atoms with van der Waals surface area (Å²) in [6.07, 6.45) is 1.69. The van der Waals surface area contributed by atoms with Crippen LogP contribution in [0.4, 0.5) is 5.69 Å². The summed E-state index contributed by atoms with van der Waals surface area (Å²) >= 11 is 7.22. The second-order valence-corrected chi connectivity index (χ2v) is 7.32. The lowest BCUT2D eigenvalue weighted by atomic mass is 10.2. The van der Waals surface area contributed by atoms with Crippen molar-refractivity contribution in [1.82, 2.24) is 9.97 Å². The van der Waals surface area contributed by atoms with Crippen molar-refractivity contribution in [3.05, 3.63) is 56.4 Å². The van der Waals surface area contributed by atoms with Crippen molar-refractivity contribution in [2.75, 3.05) is 19.0 Å². The number of aromatic nitrogens is 2. The SMILES string of the molecule is Cc1c(C(=O)[O-])sc2nc(/C(Cl)=C/c3ccc(N(C)C)cc3)[nH]c(=O)c12. The number of H-pyrrole nitrogens is 1. The summed E-state index contributed by atoms with van der Waals surface area (Å²) < 4.78 is 0. The highest BCUT2D eigenvalue weighted by Crippen LogP contribution is 2.28. The van der Waals surface area contributed by atoms with E-state index in [-0.39, 0.29) is 21.1 Å². The van der Waals surface area contributed by atoms with Gasteiger partial charge < -0.3 is 19.8 Å². The van der Waals surface area contributed by atoms with Gasteiger partial charge in [-0.25, -0.2) is 4.98 Å². The van der Waals surface area contributed by atoms with Crippen molar-refractivity contribution < 1.29 is 9.90 Å². The van der Waals surface area contributed by atoms with Crippen LogP contribution in [0, 0.1) is 6.92 Å². The van der Waals surface area contributed by atoms with Crippen molar-refractivity contribution in [2.24, 2.45) is 0 Å². The van der Waals surface area contributed by atoms with E-state index in [1.807, 2.05) is 43.3 Å². The van der Waals surface area contributed by atoms with E-state index in [0.717, 1.165) is 22.6 Å². The number of hydrogen-bond donors (Lipinski definition) is 1. The van der Waals surface area contributed by atoms with Crippen molar-refractivity contribution in [2.45, 2.75) is 6.92 Å². The van der Waals surface area contributed by atoms with E-state index < -0.39 is 11.5 Å². The molecule has 2 aromatic heterocycles. The Labute approximate surface area is 158 Å². The van der Waals surface area contributed by atoms with Crippen LogP contribution in [0.15, 0.2) is 29.1 Å². The van der Waals surface area contributed by atoms with E-state index in [1.165, 1.54) is 0 Å². The third-order valence-corrected chi connectivity index (χ3v) is 5.37. The smallest absolute Gasteiger partial charge is 0.260 e. The molecule has 0 fully saturated rings. The molecule has 0 saturated heterocycles. The Morgan fingerprint density at radius 1 is 1.31 bits per heavy atom. The highest BCUT2D eigenvalue weighted by atomic mass is 35.5. The van der Waals surface area contributed by atoms with Gasteiger partial charge in [0.05, 0.1) is 21.3 Å². The quantitative estimate of drug-likeness (QED) is 0.741. The molecule has 1 N–H and O–H groups in total. The van der Waals surface area contributed by atoms with Gasteiger partial charge in [0.15, 0.2) is 5.82 Å². The molecule has 0 unspecified atom stereocenters. The molecule has 0 atom stereocenters. The topological polar surface area (TPSA) is 89.1 Å². The van der Waals surface area contributed by atoms with E-state index in [4.69, 9.17) is 11.6 Å². The van der Waals surface area contributed by atoms with E-state index >= 15 is 0 Å². The molecule has 0 aliphatic carbocycles. The maximum Gasteiger partial charge on any atom is 0.260 e. The molecule has 0 bridgehead atoms. The minimum Gasteiger partial charge on any atom is -0.544 e. The van der Waals surface area contributed by atoms with Gasteiger partial charge in [-0.3, -0.25) is 4.79 Å². The molecule has 3 rings (SSSR count). The molecule has 0 saturated carbocycles. The third kappa shape index (κ3) is 3.36. The molecule has 0 amide bonds. The number of nitrogens with one attached hydrogen (secondary N) is 1. The molecular weight excluding hydrogens is 374 g/mol. The maximum atomic E-state index is 12.3. The largest absolute Gasteiger partial charge is 0.544 e. The van der Waals surface area contributed by atoms with Gasteiger partial charge in [-0.1, -0.05) is 23.7 Å². The van der Waals surface area contributed by atoms with Crippen LogP contribution in [0.2, 0.25) is 0 Å². The molecule has 134 valence electrons. The summed E-state index contributed by atoms with van der Waals surface area (Å²) in [6, 6.07) is 7.70. The fourth-order valence-corrected chi connectivity index (χ4v) is 3.77. The standard InChI is InChI=1S/C18H16ClN3O3S/c1-9-13-16(23)20-15(21-17(13)26-14(9)18(24)25)12(19)8-10-4-6-11(7-5-10)22(2)3/h4-8H,1-3H3,(H,24,25)(H,20,21,23)/p-1/b12-8-. The van der Waals surface area contributed by atoms with Crippen molar-refractivity contribution in [3.8, 4) is 0 Å². The zero-order valence-electron chi connectivity index (χ0n) is 14.3. The predicted molar refractivity (Wildman–Crippen MR) is 104 cm³/mol. The summed E-state index contributed by atoms with van der Waals surface area (Å²) in [7, 11) is 3.90. The van der Waals surface area contributed by atoms with Crippen LogP contribution in [-0.4, -0.2) is 30.0 Å². The fraction of sp³-hybridized carbons (Fsp3) is 0.167. The van der Waals surface area contributed by atoms with Crippen molar-refractivity contribution >= 4 is 55.9 Å². The highest BCUT2D eigenvalue weighted by Gasteiger charge is 2.15. The zero-order chi connectivity index (χ0) is 19.0. The van der Waals surface area contributed by atoms with E-state index in [0.29, 0.717) is 10.4 Å². The fourth-order valence-electron chi connectivity index (χ4n) is 2.54. The molecule has 3 aromatic rings. The van der Waals surface area contributed by atoms with Gasteiger partial charge in [-0.05, 0) is 36.3 Å². The minimum absolute atomic E-state index is 0.00507. The van der Waals surface area contributed by atoms with Crippen LogP contribution < -0.4 is 15.6 Å². The molecule has 2 heterocycles. The molecule has 1 aromatic carbocycles. The van der Waals surface area contributed by atoms with Gasteiger partial charge >= 0.3 is 0 Å². The third-order valence-electron chi connectivity index (χ3n) is 3.92. The van der Waals surface area contributed by atoms with Crippen molar-refractivity contribution in [3.63, 3.8) is 0 Å². The van der Waals surface area contributed by atoms with Gasteiger partial charge in [0.1, 0.15) is 4.83 Å². The Bertz CT molecular complexity index is 1080. The van der Waals surface area contributed by atoms with Gasteiger partial charge in [0, 0.05) is 19.8 Å². The summed E-state index contributed by atoms with van der Waals surface area (Å²) in [5.74, 6) is -1.14. The number of carbonyl (C=O) groups excluding carboxylic acids is 1. The Morgan fingerprint density at radius 3 is 2.54 bits per heavy atom. The highest BCUT2D eigenvalue weighted by molar-refractivity contribution is 7.20. The number of carbonyl (C=O) groups is 1. The number of aromatic amines is 1. The summed E-state index contributed by atoms with van der Waals surface area (Å²) in [6.45, 7) is 1.56. The van der Waals surface area contributed by atoms with Gasteiger partial charge in [-0.2, -0.15) is 0 Å². The van der Waals surface area contributed by atoms with Crippen LogP contribution in [0.3, 0.4) is 0 Å². The molecule has 26 heavy (non-hydrogen) atoms. The Balaban J connectivity index is 2.04. The number of nitrogens with zero attached hydrogens (tertiary/aromatic N) is 2. The number of halogens is 1. The van der Waals surface area contributed by atoms with Gasteiger partial charge in [0.25, 0.3) is 5.56 Å². The van der Waals surface area contributed by atoms with E-state index in [1.54, 1.807) is 13.0 Å². The Kier molecular flexibility index (Phi) is 4.84. The number of rotatable bonds is 4. The average Bonchev–Trinajstić information content (AvgIpc) is 2.92. The second kappa shape index (κ2) is 6.93. The molecule has 0 aliphatic heterocycles. The number of anilines is 1. The molecular formula is C18H15ClN3O3S-. The lowest BCUT2D eigenvalue weighted by Gasteiger charge is -2.11. The molecule has 8 heteroatoms. The average molecular weight is 389 g/mol. The van der Waals surface area contributed by atoms with E-state index in [2.05, 4.69) is 9.97 Å². The molecule has 0 spiro atoms. The van der Waals surface area contributed by atoms with Crippen LogP contribution in [0.25, 0.3) is 21.3 Å². The summed E-state index contributed by atoms with van der Waals surface area (Å²) in [4.78, 5) is 32.7. The number of carboxylic acid groups (broad SMARTS) is 1. The van der Waals surface area contributed by atoms with Crippen LogP contribution in [0.1, 0.15) is 26.6 Å². The summed E-state index contributed by atoms with van der Waals surface area (Å²) in [5.41, 5.74) is 1.82. The lowest BCUT2D eigenvalue weighted by Crippen LogP contribution is -2.21. The predicted octanol–water partition coefficient (Wildman–Crippen LogP) is 2.46. The number of hydrogen-bond acceptors (Lipinski definition) is 6. The first-order valence-electron chi connectivity index (χ1n) is 7.67. The maximum absolute atomic E-state index is 12.3. The minimum atomic E-state index is -1.32. The first kappa shape index (κ1) is 18.2. The Morgan fingerprint density at radius 2 is 1.96 bits per heavy atom. The van der Waals surface area contributed by atoms with Crippen LogP contribution >= 0.6 is 22.9 Å². The normalized spacial score (nSPS) is 11.8. The molecule has 0 aliphatic rings. The first-order chi connectivity index (χ1) is 12.3. The summed E-state index contributed by atoms with van der Waals surface area (Å²) in [5, 5.41) is 11.7. The first-order valence-corrected chi connectivity index (χ1v) is 8.87. The monoisotopic (exact) mass is 388 g/mol. The zero-order valence-corrected chi connectivity index (χ0v) is 15.9. The number of benzene rings is 1. The second-order valence-electron chi connectivity index (χ2n) is 5.92. The number of thiophene rings is 1. The van der Waals surface area contributed by atoms with Gasteiger partial charge in [0.2, 0.25) is 0 Å². The number of aryl methyl sites for hydroxylation is 1. The van der Waals surface area contributed by atoms with Crippen molar-refractivity contribution in [1.29, 1.82) is 0 Å². The lowest BCUT2D eigenvalue weighted by molar-refractivity contribution is -0.254. The molecule has 0 radical (unpaired) electrons. The Hall–Kier alpha value is -2.64. The number of aromatic carboxylic acids is 1. The number of carboxylic acids is 1. The van der Waals surface area contributed by atoms with Crippen LogP contribution in [0.5, 0.6) is 0 Å². The molecule has 6 nitrogen and oxygen atoms in total.